The van der Waals surface area contributed by atoms with Crippen molar-refractivity contribution in [1.29, 1.82) is 0 Å². The predicted octanol–water partition coefficient (Wildman–Crippen LogP) is 10.6. The first-order valence-corrected chi connectivity index (χ1v) is 17.6. The minimum atomic E-state index is -0.0422. The SMILES string of the molecule is CC(C)(C)c1cc2c3c(c1)N(c1ccc4c(c1)sc1c5ccccc5ccc41)c1ccccc1B3c1ccccc1N2c1ccccc1. The van der Waals surface area contributed by atoms with Gasteiger partial charge in [0.05, 0.1) is 0 Å². The monoisotopic (exact) mass is 632 g/mol. The first-order valence-electron chi connectivity index (χ1n) is 16.8. The van der Waals surface area contributed by atoms with Crippen LogP contribution in [0.4, 0.5) is 34.1 Å². The van der Waals surface area contributed by atoms with E-state index in [2.05, 4.69) is 176 Å². The quantitative estimate of drug-likeness (QED) is 0.175. The molecule has 0 atom stereocenters. The average molecular weight is 633 g/mol. The van der Waals surface area contributed by atoms with E-state index in [1.54, 1.807) is 0 Å². The predicted molar refractivity (Wildman–Crippen MR) is 210 cm³/mol. The van der Waals surface area contributed by atoms with Crippen LogP contribution in [0.5, 0.6) is 0 Å². The lowest BCUT2D eigenvalue weighted by atomic mass is 9.33. The van der Waals surface area contributed by atoms with E-state index in [9.17, 15) is 0 Å². The number of benzene rings is 7. The Labute approximate surface area is 285 Å². The van der Waals surface area contributed by atoms with E-state index < -0.39 is 0 Å². The summed E-state index contributed by atoms with van der Waals surface area (Å²) in [5.74, 6) is 0. The summed E-state index contributed by atoms with van der Waals surface area (Å²) >= 11 is 1.91. The van der Waals surface area contributed by atoms with E-state index in [1.165, 1.54) is 87.0 Å². The van der Waals surface area contributed by atoms with E-state index in [0.717, 1.165) is 0 Å². The maximum Gasteiger partial charge on any atom is 0.252 e. The minimum Gasteiger partial charge on any atom is -0.311 e. The van der Waals surface area contributed by atoms with Gasteiger partial charge in [0.15, 0.2) is 0 Å². The molecule has 0 spiro atoms. The largest absolute Gasteiger partial charge is 0.311 e. The lowest BCUT2D eigenvalue weighted by molar-refractivity contribution is 0.590. The van der Waals surface area contributed by atoms with Gasteiger partial charge in [-0.2, -0.15) is 0 Å². The van der Waals surface area contributed by atoms with Gasteiger partial charge in [-0.25, -0.2) is 0 Å². The number of hydrogen-bond acceptors (Lipinski definition) is 3. The highest BCUT2D eigenvalue weighted by atomic mass is 32.1. The molecule has 7 aromatic carbocycles. The summed E-state index contributed by atoms with van der Waals surface area (Å²) in [5, 5.41) is 5.28. The second-order valence-corrected chi connectivity index (χ2v) is 15.2. The zero-order valence-corrected chi connectivity index (χ0v) is 28.1. The highest BCUT2D eigenvalue weighted by Gasteiger charge is 2.43. The van der Waals surface area contributed by atoms with Gasteiger partial charge in [-0.15, -0.1) is 11.3 Å². The molecule has 0 saturated heterocycles. The van der Waals surface area contributed by atoms with Crippen molar-refractivity contribution in [3.05, 3.63) is 151 Å². The van der Waals surface area contributed by atoms with Gasteiger partial charge >= 0.3 is 0 Å². The topological polar surface area (TPSA) is 6.48 Å². The molecule has 0 radical (unpaired) electrons. The minimum absolute atomic E-state index is 0.0422. The number of thiophene rings is 1. The lowest BCUT2D eigenvalue weighted by Gasteiger charge is -2.45. The lowest BCUT2D eigenvalue weighted by Crippen LogP contribution is -2.61. The third kappa shape index (κ3) is 3.93. The molecular weight excluding hydrogens is 599 g/mol. The third-order valence-corrected chi connectivity index (χ3v) is 11.6. The number of para-hydroxylation sites is 3. The van der Waals surface area contributed by atoms with Crippen molar-refractivity contribution >= 4 is 99.5 Å². The van der Waals surface area contributed by atoms with Crippen LogP contribution < -0.4 is 26.2 Å². The van der Waals surface area contributed by atoms with Gasteiger partial charge in [-0.05, 0) is 86.7 Å². The van der Waals surface area contributed by atoms with Crippen LogP contribution in [0.25, 0.3) is 30.9 Å². The average Bonchev–Trinajstić information content (AvgIpc) is 3.50. The molecule has 10 rings (SSSR count). The second-order valence-electron chi connectivity index (χ2n) is 14.2. The van der Waals surface area contributed by atoms with E-state index >= 15 is 0 Å². The summed E-state index contributed by atoms with van der Waals surface area (Å²) in [5.41, 5.74) is 12.8. The number of fused-ring (bicyclic) bond motifs is 9. The van der Waals surface area contributed by atoms with Gasteiger partial charge in [-0.3, -0.25) is 0 Å². The Morgan fingerprint density at radius 2 is 1.10 bits per heavy atom. The fourth-order valence-corrected chi connectivity index (χ4v) is 9.37. The van der Waals surface area contributed by atoms with Gasteiger partial charge < -0.3 is 9.80 Å². The Kier molecular flexibility index (Phi) is 5.84. The fourth-order valence-electron chi connectivity index (χ4n) is 8.10. The molecule has 0 fully saturated rings. The molecule has 1 aromatic heterocycles. The number of hydrogen-bond donors (Lipinski definition) is 0. The van der Waals surface area contributed by atoms with Crippen LogP contribution in [0.3, 0.4) is 0 Å². The van der Waals surface area contributed by atoms with Crippen molar-refractivity contribution in [2.75, 3.05) is 9.80 Å². The van der Waals surface area contributed by atoms with Crippen LogP contribution in [0.1, 0.15) is 26.3 Å². The van der Waals surface area contributed by atoms with Gasteiger partial charge in [0.1, 0.15) is 0 Å². The molecule has 0 amide bonds. The smallest absolute Gasteiger partial charge is 0.252 e. The van der Waals surface area contributed by atoms with Crippen molar-refractivity contribution in [2.24, 2.45) is 0 Å². The van der Waals surface area contributed by atoms with E-state index in [0.29, 0.717) is 0 Å². The molecule has 8 aromatic rings. The molecule has 0 unspecified atom stereocenters. The summed E-state index contributed by atoms with van der Waals surface area (Å²) in [6, 6.07) is 54.3. The standard InChI is InChI=1S/C44H33BN2S/c1-44(2,3)29-25-39-42-40(26-29)47(31-22-24-33-34-23-21-28-13-7-8-16-32(28)43(34)48-41(33)27-31)38-20-12-10-18-36(38)45(42)35-17-9-11-19-37(35)46(39)30-14-5-4-6-15-30/h4-27H,1-3H3. The third-order valence-electron chi connectivity index (χ3n) is 10.4. The summed E-state index contributed by atoms with van der Waals surface area (Å²) in [6.45, 7) is 7.12. The number of rotatable bonds is 2. The van der Waals surface area contributed by atoms with Crippen LogP contribution in [0.15, 0.2) is 146 Å². The van der Waals surface area contributed by atoms with Crippen molar-refractivity contribution < 1.29 is 0 Å². The maximum atomic E-state index is 2.54. The summed E-state index contributed by atoms with van der Waals surface area (Å²) in [4.78, 5) is 5.03. The Balaban J connectivity index is 1.28. The molecule has 228 valence electrons. The molecule has 0 aliphatic carbocycles. The van der Waals surface area contributed by atoms with Crippen molar-refractivity contribution in [3.63, 3.8) is 0 Å². The second kappa shape index (κ2) is 10.1. The molecule has 2 nitrogen and oxygen atoms in total. The highest BCUT2D eigenvalue weighted by molar-refractivity contribution is 7.26. The van der Waals surface area contributed by atoms with Gasteiger partial charge in [-0.1, -0.05) is 118 Å². The van der Waals surface area contributed by atoms with Crippen LogP contribution in [0.2, 0.25) is 0 Å². The highest BCUT2D eigenvalue weighted by Crippen LogP contribution is 2.47. The van der Waals surface area contributed by atoms with E-state index in [4.69, 9.17) is 0 Å². The van der Waals surface area contributed by atoms with Crippen molar-refractivity contribution in [1.82, 2.24) is 0 Å². The van der Waals surface area contributed by atoms with Gasteiger partial charge in [0.25, 0.3) is 6.71 Å². The first-order chi connectivity index (χ1) is 23.5. The maximum absolute atomic E-state index is 2.54. The molecule has 2 aliphatic rings. The summed E-state index contributed by atoms with van der Waals surface area (Å²) in [6.07, 6.45) is 0. The zero-order valence-electron chi connectivity index (χ0n) is 27.2. The van der Waals surface area contributed by atoms with Crippen LogP contribution >= 0.6 is 11.3 Å². The Morgan fingerprint density at radius 3 is 1.81 bits per heavy atom. The molecule has 4 heteroatoms. The Hall–Kier alpha value is -5.32. The number of anilines is 6. The van der Waals surface area contributed by atoms with Crippen LogP contribution in [0, 0.1) is 0 Å². The first kappa shape index (κ1) is 27.8. The van der Waals surface area contributed by atoms with Crippen molar-refractivity contribution in [2.45, 2.75) is 26.2 Å². The van der Waals surface area contributed by atoms with Gasteiger partial charge in [0, 0.05) is 54.3 Å². The molecular formula is C44H33BN2S. The molecule has 3 heterocycles. The van der Waals surface area contributed by atoms with E-state index in [-0.39, 0.29) is 12.1 Å². The molecule has 0 bridgehead atoms. The summed E-state index contributed by atoms with van der Waals surface area (Å²) in [7, 11) is 0. The van der Waals surface area contributed by atoms with Crippen LogP contribution in [-0.4, -0.2) is 6.71 Å². The van der Waals surface area contributed by atoms with Crippen molar-refractivity contribution in [3.8, 4) is 0 Å². The fraction of sp³-hybridized carbons (Fsp3) is 0.0909. The molecule has 0 saturated carbocycles. The van der Waals surface area contributed by atoms with E-state index in [1.807, 2.05) is 11.3 Å². The van der Waals surface area contributed by atoms with Crippen LogP contribution in [-0.2, 0) is 5.41 Å². The molecule has 0 N–H and O–H groups in total. The van der Waals surface area contributed by atoms with Gasteiger partial charge in [0.2, 0.25) is 0 Å². The Bertz CT molecular complexity index is 2580. The summed E-state index contributed by atoms with van der Waals surface area (Å²) < 4.78 is 2.68. The molecule has 2 aliphatic heterocycles. The number of nitrogens with zero attached hydrogens (tertiary/aromatic N) is 2. The molecule has 48 heavy (non-hydrogen) atoms. The zero-order chi connectivity index (χ0) is 32.1. The Morgan fingerprint density at radius 1 is 0.500 bits per heavy atom. The normalized spacial score (nSPS) is 13.6.